The molecule has 0 spiro atoms. The molecule has 0 aliphatic heterocycles. The van der Waals surface area contributed by atoms with Crippen molar-refractivity contribution in [2.75, 3.05) is 0 Å². The van der Waals surface area contributed by atoms with E-state index in [4.69, 9.17) is 0 Å². The summed E-state index contributed by atoms with van der Waals surface area (Å²) in [5, 5.41) is 0. The van der Waals surface area contributed by atoms with E-state index in [2.05, 4.69) is 0 Å². The van der Waals surface area contributed by atoms with E-state index in [1.165, 1.54) is 17.1 Å². The average molecular weight is 283 g/mol. The van der Waals surface area contributed by atoms with Gasteiger partial charge in [-0.3, -0.25) is 0 Å². The van der Waals surface area contributed by atoms with Crippen LogP contribution in [0.1, 0.15) is 64.2 Å². The topological polar surface area (TPSA) is 60.4 Å². The van der Waals surface area contributed by atoms with Gasteiger partial charge in [0, 0.05) is 12.1 Å². The van der Waals surface area contributed by atoms with Crippen molar-refractivity contribution in [2.24, 2.45) is 0 Å². The summed E-state index contributed by atoms with van der Waals surface area (Å²) in [5.41, 5.74) is 0. The molecule has 18 heavy (non-hydrogen) atoms. The standard InChI is InChI=1S/C12H23NO3S.Na/c14-17(15,16)13(11-7-3-1-4-8-11)12-9-5-2-6-10-12;/h11-12H,1-10H2,(H,14,15,16);/q;+1/p-1. The second kappa shape index (κ2) is 7.60. The van der Waals surface area contributed by atoms with E-state index in [-0.39, 0.29) is 41.6 Å². The van der Waals surface area contributed by atoms with Crippen molar-refractivity contribution >= 4 is 10.3 Å². The van der Waals surface area contributed by atoms with Crippen LogP contribution in [0.15, 0.2) is 0 Å². The molecule has 6 heteroatoms. The van der Waals surface area contributed by atoms with E-state index >= 15 is 0 Å². The molecule has 0 radical (unpaired) electrons. The van der Waals surface area contributed by atoms with E-state index in [0.717, 1.165) is 51.4 Å². The minimum Gasteiger partial charge on any atom is -0.735 e. The molecule has 0 aromatic carbocycles. The summed E-state index contributed by atoms with van der Waals surface area (Å²) in [4.78, 5) is 0. The summed E-state index contributed by atoms with van der Waals surface area (Å²) in [6.45, 7) is 0. The number of hydrogen-bond acceptors (Lipinski definition) is 3. The van der Waals surface area contributed by atoms with E-state index in [9.17, 15) is 13.0 Å². The van der Waals surface area contributed by atoms with Crippen molar-refractivity contribution in [3.05, 3.63) is 0 Å². The molecule has 0 saturated heterocycles. The Balaban J connectivity index is 0.00000162. The molecule has 0 unspecified atom stereocenters. The third kappa shape index (κ3) is 4.46. The molecule has 0 aromatic rings. The molecule has 0 amide bonds. The van der Waals surface area contributed by atoms with Crippen molar-refractivity contribution < 1.29 is 42.5 Å². The van der Waals surface area contributed by atoms with E-state index in [1.54, 1.807) is 0 Å². The first-order valence-corrected chi connectivity index (χ1v) is 8.20. The van der Waals surface area contributed by atoms with Crippen LogP contribution in [0.2, 0.25) is 0 Å². The fraction of sp³-hybridized carbons (Fsp3) is 1.00. The van der Waals surface area contributed by atoms with Crippen molar-refractivity contribution in [2.45, 2.75) is 76.3 Å². The summed E-state index contributed by atoms with van der Waals surface area (Å²) in [6.07, 6.45) is 10.1. The maximum Gasteiger partial charge on any atom is 1.00 e. The Labute approximate surface area is 133 Å². The van der Waals surface area contributed by atoms with Gasteiger partial charge in [0.2, 0.25) is 0 Å². The van der Waals surface area contributed by atoms with Gasteiger partial charge in [0.05, 0.1) is 0 Å². The molecule has 100 valence electrons. The maximum atomic E-state index is 11.5. The minimum atomic E-state index is -4.28. The molecule has 2 aliphatic carbocycles. The summed E-state index contributed by atoms with van der Waals surface area (Å²) >= 11 is 0. The fourth-order valence-electron chi connectivity index (χ4n) is 3.33. The summed E-state index contributed by atoms with van der Waals surface area (Å²) < 4.78 is 35.8. The van der Waals surface area contributed by atoms with Gasteiger partial charge in [0.25, 0.3) is 0 Å². The number of rotatable bonds is 3. The van der Waals surface area contributed by atoms with Crippen LogP contribution in [0.3, 0.4) is 0 Å². The summed E-state index contributed by atoms with van der Waals surface area (Å²) in [6, 6.07) is -0.0382. The van der Waals surface area contributed by atoms with Crippen molar-refractivity contribution in [1.82, 2.24) is 4.31 Å². The Morgan fingerprint density at radius 3 is 1.39 bits per heavy atom. The molecule has 4 nitrogen and oxygen atoms in total. The van der Waals surface area contributed by atoms with Crippen LogP contribution in [0.5, 0.6) is 0 Å². The Bertz CT molecular complexity index is 317. The van der Waals surface area contributed by atoms with E-state index in [1.807, 2.05) is 0 Å². The zero-order valence-electron chi connectivity index (χ0n) is 11.3. The summed E-state index contributed by atoms with van der Waals surface area (Å²) in [7, 11) is -4.28. The quantitative estimate of drug-likeness (QED) is 0.514. The van der Waals surface area contributed by atoms with E-state index in [0.29, 0.717) is 0 Å². The van der Waals surface area contributed by atoms with Gasteiger partial charge >= 0.3 is 29.6 Å². The monoisotopic (exact) mass is 283 g/mol. The molecular weight excluding hydrogens is 261 g/mol. The molecule has 2 rings (SSSR count). The molecule has 0 atom stereocenters. The van der Waals surface area contributed by atoms with Crippen LogP contribution < -0.4 is 29.6 Å². The third-order valence-electron chi connectivity index (χ3n) is 4.13. The van der Waals surface area contributed by atoms with Crippen molar-refractivity contribution in [3.63, 3.8) is 0 Å². The fourth-order valence-corrected chi connectivity index (χ4v) is 4.49. The predicted octanol–water partition coefficient (Wildman–Crippen LogP) is -0.582. The maximum absolute atomic E-state index is 11.5. The first kappa shape index (κ1) is 16.9. The smallest absolute Gasteiger partial charge is 0.735 e. The molecule has 0 N–H and O–H groups in total. The first-order chi connectivity index (χ1) is 8.09. The zero-order valence-corrected chi connectivity index (χ0v) is 14.1. The molecular formula is C12H22NNaO3S. The molecule has 0 heterocycles. The van der Waals surface area contributed by atoms with Gasteiger partial charge in [0.15, 0.2) is 10.3 Å². The van der Waals surface area contributed by atoms with Crippen molar-refractivity contribution in [1.29, 1.82) is 0 Å². The Kier molecular flexibility index (Phi) is 7.14. The normalized spacial score (nSPS) is 23.9. The first-order valence-electron chi connectivity index (χ1n) is 6.83. The van der Waals surface area contributed by atoms with Gasteiger partial charge < -0.3 is 4.55 Å². The Hall–Kier alpha value is 0.870. The second-order valence-corrected chi connectivity index (χ2v) is 6.65. The van der Waals surface area contributed by atoms with Gasteiger partial charge in [0.1, 0.15) is 0 Å². The zero-order chi connectivity index (χ0) is 12.3. The van der Waals surface area contributed by atoms with Crippen LogP contribution in [-0.2, 0) is 10.3 Å². The van der Waals surface area contributed by atoms with Crippen LogP contribution in [-0.4, -0.2) is 29.4 Å². The van der Waals surface area contributed by atoms with Gasteiger partial charge in [-0.05, 0) is 25.7 Å². The Morgan fingerprint density at radius 2 is 1.11 bits per heavy atom. The number of nitrogens with zero attached hydrogens (tertiary/aromatic N) is 1. The largest absolute Gasteiger partial charge is 1.00 e. The molecule has 0 bridgehead atoms. The van der Waals surface area contributed by atoms with Crippen LogP contribution in [0, 0.1) is 0 Å². The van der Waals surface area contributed by atoms with Gasteiger partial charge in [-0.25, -0.2) is 12.7 Å². The number of hydrogen-bond donors (Lipinski definition) is 0. The predicted molar refractivity (Wildman–Crippen MR) is 65.3 cm³/mol. The summed E-state index contributed by atoms with van der Waals surface area (Å²) in [5.74, 6) is 0. The van der Waals surface area contributed by atoms with Gasteiger partial charge in [-0.2, -0.15) is 0 Å². The molecule has 2 saturated carbocycles. The van der Waals surface area contributed by atoms with Crippen LogP contribution in [0.25, 0.3) is 0 Å². The minimum absolute atomic E-state index is 0. The second-order valence-electron chi connectivity index (χ2n) is 5.37. The van der Waals surface area contributed by atoms with Crippen LogP contribution in [0.4, 0.5) is 0 Å². The molecule has 2 fully saturated rings. The van der Waals surface area contributed by atoms with Gasteiger partial charge in [-0.1, -0.05) is 38.5 Å². The van der Waals surface area contributed by atoms with Gasteiger partial charge in [-0.15, -0.1) is 0 Å². The third-order valence-corrected chi connectivity index (χ3v) is 5.24. The SMILES string of the molecule is O=S(=O)([O-])N(C1CCCCC1)C1CCCCC1.[Na+]. The molecule has 0 aromatic heterocycles. The van der Waals surface area contributed by atoms with Crippen molar-refractivity contribution in [3.8, 4) is 0 Å². The van der Waals surface area contributed by atoms with E-state index < -0.39 is 10.3 Å². The molecule has 2 aliphatic rings. The van der Waals surface area contributed by atoms with Crippen LogP contribution >= 0.6 is 0 Å². The average Bonchev–Trinajstić information content (AvgIpc) is 2.30. The Morgan fingerprint density at radius 1 is 0.778 bits per heavy atom.